The van der Waals surface area contributed by atoms with Gasteiger partial charge in [-0.1, -0.05) is 43.5 Å². The van der Waals surface area contributed by atoms with E-state index in [1.807, 2.05) is 0 Å². The maximum absolute atomic E-state index is 6.55. The maximum Gasteiger partial charge on any atom is 0.0221 e. The lowest BCUT2D eigenvalue weighted by Gasteiger charge is -2.32. The topological polar surface area (TPSA) is 26.0 Å². The molecule has 1 unspecified atom stereocenters. The van der Waals surface area contributed by atoms with Crippen LogP contribution in [-0.4, -0.2) is 5.54 Å². The molecule has 1 saturated carbocycles. The van der Waals surface area contributed by atoms with E-state index in [0.29, 0.717) is 5.92 Å². The van der Waals surface area contributed by atoms with Gasteiger partial charge in [0.2, 0.25) is 0 Å². The van der Waals surface area contributed by atoms with E-state index in [-0.39, 0.29) is 5.54 Å². The van der Waals surface area contributed by atoms with E-state index >= 15 is 0 Å². The summed E-state index contributed by atoms with van der Waals surface area (Å²) in [6, 6.07) is 6.72. The summed E-state index contributed by atoms with van der Waals surface area (Å²) in [5, 5.41) is 0. The summed E-state index contributed by atoms with van der Waals surface area (Å²) in [6.07, 6.45) is 4.96. The summed E-state index contributed by atoms with van der Waals surface area (Å²) in [4.78, 5) is 0. The van der Waals surface area contributed by atoms with Crippen molar-refractivity contribution in [2.24, 2.45) is 5.73 Å². The molecular formula is C15H23N. The average Bonchev–Trinajstić information content (AvgIpc) is 2.69. The second-order valence-electron chi connectivity index (χ2n) is 5.52. The molecule has 0 bridgehead atoms. The van der Waals surface area contributed by atoms with Crippen LogP contribution in [0.2, 0.25) is 0 Å². The van der Waals surface area contributed by atoms with E-state index in [0.717, 1.165) is 0 Å². The summed E-state index contributed by atoms with van der Waals surface area (Å²) >= 11 is 0. The molecule has 1 nitrogen and oxygen atoms in total. The predicted octanol–water partition coefficient (Wildman–Crippen LogP) is 3.68. The van der Waals surface area contributed by atoms with Gasteiger partial charge in [0, 0.05) is 5.54 Å². The molecule has 0 radical (unpaired) electrons. The van der Waals surface area contributed by atoms with Crippen LogP contribution in [0.3, 0.4) is 0 Å². The molecule has 88 valence electrons. The van der Waals surface area contributed by atoms with E-state index in [1.54, 1.807) is 0 Å². The van der Waals surface area contributed by atoms with Crippen molar-refractivity contribution in [3.8, 4) is 0 Å². The highest BCUT2D eigenvalue weighted by Crippen LogP contribution is 2.40. The third kappa shape index (κ3) is 2.01. The summed E-state index contributed by atoms with van der Waals surface area (Å²) < 4.78 is 0. The molecule has 1 aromatic carbocycles. The molecule has 1 aromatic rings. The standard InChI is InChI=1S/C15H23N/c1-11-6-7-12(2)14(10-11)13(3)15(16)8-4-5-9-15/h6-7,10,13H,4-5,8-9,16H2,1-3H3. The zero-order chi connectivity index (χ0) is 11.8. The quantitative estimate of drug-likeness (QED) is 0.803. The molecule has 0 heterocycles. The Balaban J connectivity index is 2.32. The first-order chi connectivity index (χ1) is 7.53. The molecule has 2 N–H and O–H groups in total. The van der Waals surface area contributed by atoms with Crippen LogP contribution >= 0.6 is 0 Å². The van der Waals surface area contributed by atoms with E-state index in [9.17, 15) is 0 Å². The van der Waals surface area contributed by atoms with Crippen molar-refractivity contribution in [3.05, 3.63) is 34.9 Å². The zero-order valence-corrected chi connectivity index (χ0v) is 10.7. The minimum absolute atomic E-state index is 0.0402. The van der Waals surface area contributed by atoms with E-state index in [2.05, 4.69) is 39.0 Å². The average molecular weight is 217 g/mol. The van der Waals surface area contributed by atoms with Gasteiger partial charge in [-0.05, 0) is 43.7 Å². The van der Waals surface area contributed by atoms with Crippen LogP contribution in [0.15, 0.2) is 18.2 Å². The molecule has 1 fully saturated rings. The Morgan fingerprint density at radius 3 is 2.44 bits per heavy atom. The lowest BCUT2D eigenvalue weighted by molar-refractivity contribution is 0.369. The Bertz CT molecular complexity index is 375. The molecule has 0 aromatic heterocycles. The van der Waals surface area contributed by atoms with E-state index in [1.165, 1.54) is 42.4 Å². The SMILES string of the molecule is Cc1ccc(C)c(C(C)C2(N)CCCC2)c1. The monoisotopic (exact) mass is 217 g/mol. The first-order valence-electron chi connectivity index (χ1n) is 6.39. The third-order valence-corrected chi connectivity index (χ3v) is 4.30. The van der Waals surface area contributed by atoms with Gasteiger partial charge in [0.15, 0.2) is 0 Å². The summed E-state index contributed by atoms with van der Waals surface area (Å²) in [7, 11) is 0. The Labute approximate surface area is 99.0 Å². The first-order valence-corrected chi connectivity index (χ1v) is 6.39. The molecule has 1 heteroatoms. The number of benzene rings is 1. The fraction of sp³-hybridized carbons (Fsp3) is 0.600. The van der Waals surface area contributed by atoms with Crippen LogP contribution in [0.1, 0.15) is 55.2 Å². The molecule has 1 atom stereocenters. The van der Waals surface area contributed by atoms with Gasteiger partial charge in [-0.15, -0.1) is 0 Å². The van der Waals surface area contributed by atoms with Crippen molar-refractivity contribution in [1.29, 1.82) is 0 Å². The highest BCUT2D eigenvalue weighted by atomic mass is 14.8. The lowest BCUT2D eigenvalue weighted by atomic mass is 9.78. The minimum Gasteiger partial charge on any atom is -0.325 e. The number of hydrogen-bond acceptors (Lipinski definition) is 1. The summed E-state index contributed by atoms with van der Waals surface area (Å²) in [5.41, 5.74) is 10.8. The largest absolute Gasteiger partial charge is 0.325 e. The Morgan fingerprint density at radius 1 is 1.19 bits per heavy atom. The fourth-order valence-electron chi connectivity index (χ4n) is 3.00. The fourth-order valence-corrected chi connectivity index (χ4v) is 3.00. The van der Waals surface area contributed by atoms with E-state index in [4.69, 9.17) is 5.73 Å². The second kappa shape index (κ2) is 4.21. The Morgan fingerprint density at radius 2 is 1.81 bits per heavy atom. The normalized spacial score (nSPS) is 21.0. The van der Waals surface area contributed by atoms with Crippen molar-refractivity contribution in [1.82, 2.24) is 0 Å². The number of aryl methyl sites for hydroxylation is 2. The third-order valence-electron chi connectivity index (χ3n) is 4.30. The number of rotatable bonds is 2. The van der Waals surface area contributed by atoms with Gasteiger partial charge in [0.25, 0.3) is 0 Å². The van der Waals surface area contributed by atoms with Crippen LogP contribution in [0.4, 0.5) is 0 Å². The van der Waals surface area contributed by atoms with Crippen LogP contribution in [0.25, 0.3) is 0 Å². The van der Waals surface area contributed by atoms with Gasteiger partial charge >= 0.3 is 0 Å². The molecule has 2 rings (SSSR count). The van der Waals surface area contributed by atoms with Crippen LogP contribution in [0.5, 0.6) is 0 Å². The number of hydrogen-bond donors (Lipinski definition) is 1. The van der Waals surface area contributed by atoms with Gasteiger partial charge in [0.05, 0.1) is 0 Å². The van der Waals surface area contributed by atoms with Gasteiger partial charge in [0.1, 0.15) is 0 Å². The van der Waals surface area contributed by atoms with Crippen molar-refractivity contribution in [2.45, 2.75) is 57.9 Å². The van der Waals surface area contributed by atoms with Gasteiger partial charge in [-0.3, -0.25) is 0 Å². The van der Waals surface area contributed by atoms with Crippen LogP contribution in [-0.2, 0) is 0 Å². The molecule has 0 aliphatic heterocycles. The Hall–Kier alpha value is -0.820. The summed E-state index contributed by atoms with van der Waals surface area (Å²) in [5.74, 6) is 0.481. The van der Waals surface area contributed by atoms with Crippen molar-refractivity contribution < 1.29 is 0 Å². The van der Waals surface area contributed by atoms with Crippen molar-refractivity contribution in [2.75, 3.05) is 0 Å². The van der Waals surface area contributed by atoms with Gasteiger partial charge < -0.3 is 5.73 Å². The molecule has 16 heavy (non-hydrogen) atoms. The van der Waals surface area contributed by atoms with Crippen molar-refractivity contribution in [3.63, 3.8) is 0 Å². The van der Waals surface area contributed by atoms with Crippen LogP contribution in [0, 0.1) is 13.8 Å². The smallest absolute Gasteiger partial charge is 0.0221 e. The first kappa shape index (κ1) is 11.7. The molecule has 1 aliphatic carbocycles. The maximum atomic E-state index is 6.55. The van der Waals surface area contributed by atoms with Crippen LogP contribution < -0.4 is 5.73 Å². The lowest BCUT2D eigenvalue weighted by Crippen LogP contribution is -2.42. The predicted molar refractivity (Wildman–Crippen MR) is 69.7 cm³/mol. The summed E-state index contributed by atoms with van der Waals surface area (Å²) in [6.45, 7) is 6.66. The molecule has 1 aliphatic rings. The minimum atomic E-state index is 0.0402. The Kier molecular flexibility index (Phi) is 3.07. The second-order valence-corrected chi connectivity index (χ2v) is 5.52. The van der Waals surface area contributed by atoms with Gasteiger partial charge in [-0.2, -0.15) is 0 Å². The molecule has 0 saturated heterocycles. The number of nitrogens with two attached hydrogens (primary N) is 1. The molecule has 0 amide bonds. The highest BCUT2D eigenvalue weighted by molar-refractivity contribution is 5.35. The molecular weight excluding hydrogens is 194 g/mol. The van der Waals surface area contributed by atoms with E-state index < -0.39 is 0 Å². The highest BCUT2D eigenvalue weighted by Gasteiger charge is 2.36. The van der Waals surface area contributed by atoms with Gasteiger partial charge in [-0.25, -0.2) is 0 Å². The molecule has 0 spiro atoms. The zero-order valence-electron chi connectivity index (χ0n) is 10.7. The van der Waals surface area contributed by atoms with Crippen molar-refractivity contribution >= 4 is 0 Å².